The van der Waals surface area contributed by atoms with Crippen LogP contribution in [0.3, 0.4) is 0 Å². The zero-order valence-electron chi connectivity index (χ0n) is 11.3. The second-order valence-electron chi connectivity index (χ2n) is 4.47. The molecular formula is C15H20N2O2. The minimum Gasteiger partial charge on any atom is -0.494 e. The lowest BCUT2D eigenvalue weighted by Crippen LogP contribution is -1.96. The predicted octanol–water partition coefficient (Wildman–Crippen LogP) is 3.37. The van der Waals surface area contributed by atoms with Gasteiger partial charge in [-0.3, -0.25) is 0 Å². The summed E-state index contributed by atoms with van der Waals surface area (Å²) in [5.74, 6) is 1.62. The Morgan fingerprint density at radius 3 is 2.63 bits per heavy atom. The van der Waals surface area contributed by atoms with Crippen LogP contribution < -0.4 is 10.5 Å². The van der Waals surface area contributed by atoms with Crippen molar-refractivity contribution in [1.29, 1.82) is 0 Å². The van der Waals surface area contributed by atoms with Gasteiger partial charge in [-0.25, -0.2) is 0 Å². The van der Waals surface area contributed by atoms with E-state index in [4.69, 9.17) is 15.0 Å². The summed E-state index contributed by atoms with van der Waals surface area (Å²) in [6.45, 7) is 3.34. The molecule has 4 heteroatoms. The number of hydrogen-bond acceptors (Lipinski definition) is 4. The normalized spacial score (nSPS) is 10.6. The van der Waals surface area contributed by atoms with Gasteiger partial charge in [0.25, 0.3) is 0 Å². The van der Waals surface area contributed by atoms with Crippen molar-refractivity contribution in [2.75, 3.05) is 6.61 Å². The summed E-state index contributed by atoms with van der Waals surface area (Å²) in [5.41, 5.74) is 7.24. The molecular weight excluding hydrogens is 240 g/mol. The van der Waals surface area contributed by atoms with Crippen molar-refractivity contribution < 1.29 is 9.26 Å². The Labute approximate surface area is 113 Å². The number of nitrogens with zero attached hydrogens (tertiary/aromatic N) is 1. The first kappa shape index (κ1) is 13.6. The summed E-state index contributed by atoms with van der Waals surface area (Å²) in [7, 11) is 0. The molecule has 0 radical (unpaired) electrons. The molecule has 4 nitrogen and oxygen atoms in total. The molecule has 19 heavy (non-hydrogen) atoms. The highest BCUT2D eigenvalue weighted by Gasteiger charge is 2.05. The largest absolute Gasteiger partial charge is 0.494 e. The van der Waals surface area contributed by atoms with E-state index in [9.17, 15) is 0 Å². The van der Waals surface area contributed by atoms with E-state index in [0.717, 1.165) is 35.8 Å². The van der Waals surface area contributed by atoms with E-state index in [1.807, 2.05) is 30.3 Å². The Balaban J connectivity index is 1.94. The standard InChI is InChI=1S/C15H20N2O2/c1-2-3-4-9-18-14-7-5-12(6-8-14)15-10-13(11-16)17-19-15/h5-8,10H,2-4,9,11,16H2,1H3. The van der Waals surface area contributed by atoms with Crippen LogP contribution in [-0.4, -0.2) is 11.8 Å². The second kappa shape index (κ2) is 6.95. The van der Waals surface area contributed by atoms with Gasteiger partial charge in [0.15, 0.2) is 5.76 Å². The SMILES string of the molecule is CCCCCOc1ccc(-c2cc(CN)no2)cc1. The van der Waals surface area contributed by atoms with Crippen molar-refractivity contribution in [3.63, 3.8) is 0 Å². The van der Waals surface area contributed by atoms with Crippen molar-refractivity contribution in [1.82, 2.24) is 5.16 Å². The van der Waals surface area contributed by atoms with Crippen LogP contribution in [-0.2, 0) is 6.54 Å². The summed E-state index contributed by atoms with van der Waals surface area (Å²) in [4.78, 5) is 0. The van der Waals surface area contributed by atoms with E-state index in [-0.39, 0.29) is 0 Å². The van der Waals surface area contributed by atoms with Gasteiger partial charge in [-0.15, -0.1) is 0 Å². The molecule has 0 unspecified atom stereocenters. The Kier molecular flexibility index (Phi) is 4.98. The molecule has 0 amide bonds. The quantitative estimate of drug-likeness (QED) is 0.775. The zero-order valence-corrected chi connectivity index (χ0v) is 11.3. The fourth-order valence-corrected chi connectivity index (χ4v) is 1.80. The number of rotatable bonds is 7. The Morgan fingerprint density at radius 1 is 1.21 bits per heavy atom. The number of ether oxygens (including phenoxy) is 1. The highest BCUT2D eigenvalue weighted by molar-refractivity contribution is 5.58. The molecule has 1 aromatic heterocycles. The monoisotopic (exact) mass is 260 g/mol. The molecule has 0 saturated heterocycles. The number of aromatic nitrogens is 1. The van der Waals surface area contributed by atoms with Gasteiger partial charge < -0.3 is 15.0 Å². The molecule has 2 aromatic rings. The number of unbranched alkanes of at least 4 members (excludes halogenated alkanes) is 2. The lowest BCUT2D eigenvalue weighted by Gasteiger charge is -2.05. The van der Waals surface area contributed by atoms with Crippen molar-refractivity contribution in [3.05, 3.63) is 36.0 Å². The van der Waals surface area contributed by atoms with Gasteiger partial charge in [-0.1, -0.05) is 24.9 Å². The first-order valence-corrected chi connectivity index (χ1v) is 6.72. The molecule has 0 bridgehead atoms. The van der Waals surface area contributed by atoms with Crippen LogP contribution >= 0.6 is 0 Å². The smallest absolute Gasteiger partial charge is 0.167 e. The van der Waals surface area contributed by atoms with Gasteiger partial charge in [0.05, 0.1) is 12.3 Å². The summed E-state index contributed by atoms with van der Waals surface area (Å²) >= 11 is 0. The van der Waals surface area contributed by atoms with E-state index in [2.05, 4.69) is 12.1 Å². The van der Waals surface area contributed by atoms with Crippen LogP contribution in [0.4, 0.5) is 0 Å². The van der Waals surface area contributed by atoms with Crippen LogP contribution in [0, 0.1) is 0 Å². The fraction of sp³-hybridized carbons (Fsp3) is 0.400. The van der Waals surface area contributed by atoms with Gasteiger partial charge in [-0.2, -0.15) is 0 Å². The highest BCUT2D eigenvalue weighted by Crippen LogP contribution is 2.23. The molecule has 1 aromatic carbocycles. The van der Waals surface area contributed by atoms with Crippen LogP contribution in [0.5, 0.6) is 5.75 Å². The van der Waals surface area contributed by atoms with E-state index >= 15 is 0 Å². The topological polar surface area (TPSA) is 61.3 Å². The van der Waals surface area contributed by atoms with Gasteiger partial charge in [-0.05, 0) is 30.7 Å². The molecule has 2 rings (SSSR count). The van der Waals surface area contributed by atoms with E-state index in [1.165, 1.54) is 12.8 Å². The van der Waals surface area contributed by atoms with Crippen LogP contribution in [0.2, 0.25) is 0 Å². The lowest BCUT2D eigenvalue weighted by atomic mass is 10.1. The Morgan fingerprint density at radius 2 is 2.00 bits per heavy atom. The Hall–Kier alpha value is -1.81. The Bertz CT molecular complexity index is 491. The third kappa shape index (κ3) is 3.83. The summed E-state index contributed by atoms with van der Waals surface area (Å²) in [5, 5.41) is 3.87. The third-order valence-corrected chi connectivity index (χ3v) is 2.92. The maximum atomic E-state index is 5.66. The molecule has 102 valence electrons. The minimum absolute atomic E-state index is 0.391. The minimum atomic E-state index is 0.391. The highest BCUT2D eigenvalue weighted by atomic mass is 16.5. The van der Waals surface area contributed by atoms with Crippen LogP contribution in [0.25, 0.3) is 11.3 Å². The molecule has 0 aliphatic carbocycles. The van der Waals surface area contributed by atoms with Crippen molar-refractivity contribution in [3.8, 4) is 17.1 Å². The van der Waals surface area contributed by atoms with Crippen LogP contribution in [0.1, 0.15) is 31.9 Å². The maximum Gasteiger partial charge on any atom is 0.167 e. The van der Waals surface area contributed by atoms with Gasteiger partial charge >= 0.3 is 0 Å². The van der Waals surface area contributed by atoms with E-state index in [1.54, 1.807) is 0 Å². The van der Waals surface area contributed by atoms with Gasteiger partial charge in [0.2, 0.25) is 0 Å². The van der Waals surface area contributed by atoms with Crippen molar-refractivity contribution in [2.24, 2.45) is 5.73 Å². The first-order chi connectivity index (χ1) is 9.33. The zero-order chi connectivity index (χ0) is 13.5. The number of benzene rings is 1. The fourth-order valence-electron chi connectivity index (χ4n) is 1.80. The summed E-state index contributed by atoms with van der Waals surface area (Å²) < 4.78 is 10.9. The van der Waals surface area contributed by atoms with Gasteiger partial charge in [0.1, 0.15) is 5.75 Å². The molecule has 0 atom stereocenters. The van der Waals surface area contributed by atoms with Gasteiger partial charge in [0, 0.05) is 18.2 Å². The molecule has 0 spiro atoms. The molecule has 0 aliphatic heterocycles. The average molecular weight is 260 g/mol. The summed E-state index contributed by atoms with van der Waals surface area (Å²) in [6, 6.07) is 9.70. The molecule has 1 heterocycles. The number of nitrogens with two attached hydrogens (primary N) is 1. The lowest BCUT2D eigenvalue weighted by molar-refractivity contribution is 0.306. The van der Waals surface area contributed by atoms with Crippen molar-refractivity contribution >= 4 is 0 Å². The maximum absolute atomic E-state index is 5.66. The van der Waals surface area contributed by atoms with Crippen LogP contribution in [0.15, 0.2) is 34.9 Å². The second-order valence-corrected chi connectivity index (χ2v) is 4.47. The first-order valence-electron chi connectivity index (χ1n) is 6.72. The average Bonchev–Trinajstić information content (AvgIpc) is 2.93. The van der Waals surface area contributed by atoms with E-state index in [0.29, 0.717) is 6.54 Å². The van der Waals surface area contributed by atoms with E-state index < -0.39 is 0 Å². The molecule has 0 aliphatic rings. The molecule has 0 saturated carbocycles. The molecule has 0 fully saturated rings. The third-order valence-electron chi connectivity index (χ3n) is 2.92. The molecule has 2 N–H and O–H groups in total. The van der Waals surface area contributed by atoms with Crippen molar-refractivity contribution in [2.45, 2.75) is 32.7 Å². The summed E-state index contributed by atoms with van der Waals surface area (Å²) in [6.07, 6.45) is 3.51. The number of hydrogen-bond donors (Lipinski definition) is 1. The predicted molar refractivity (Wildman–Crippen MR) is 74.9 cm³/mol.